The summed E-state index contributed by atoms with van der Waals surface area (Å²) >= 11 is 2.71. The van der Waals surface area contributed by atoms with E-state index < -0.39 is 9.84 Å². The first-order valence-corrected chi connectivity index (χ1v) is 13.0. The standard InChI is InChI=1S/C19H20N4O4S3/c1-13-20-14(10-28-13)9-17-21-22-19(27-17)29-11-18(24)23(15-5-3-2-4-6-15)16-7-8-30(25,26)12-16/h2-6,10,16H,7-9,11-12H2,1H3/t16-/m0/s1. The number of amides is 1. The minimum absolute atomic E-state index is 0.0178. The molecule has 1 fully saturated rings. The quantitative estimate of drug-likeness (QED) is 0.492. The number of para-hydroxylation sites is 1. The minimum Gasteiger partial charge on any atom is -0.416 e. The van der Waals surface area contributed by atoms with Gasteiger partial charge in [-0.05, 0) is 25.5 Å². The first kappa shape index (κ1) is 21.0. The average Bonchev–Trinajstić information content (AvgIpc) is 3.42. The third-order valence-electron chi connectivity index (χ3n) is 4.64. The van der Waals surface area contributed by atoms with Crippen LogP contribution < -0.4 is 4.90 Å². The van der Waals surface area contributed by atoms with Crippen LogP contribution in [-0.4, -0.2) is 52.8 Å². The van der Waals surface area contributed by atoms with E-state index in [1.807, 2.05) is 42.6 Å². The molecule has 1 atom stereocenters. The number of aryl methyl sites for hydroxylation is 1. The lowest BCUT2D eigenvalue weighted by Gasteiger charge is -2.28. The molecule has 11 heteroatoms. The zero-order valence-corrected chi connectivity index (χ0v) is 18.7. The molecule has 0 spiro atoms. The highest BCUT2D eigenvalue weighted by Crippen LogP contribution is 2.27. The van der Waals surface area contributed by atoms with Gasteiger partial charge in [-0.15, -0.1) is 21.5 Å². The van der Waals surface area contributed by atoms with Crippen LogP contribution in [0.2, 0.25) is 0 Å². The molecule has 1 amide bonds. The number of anilines is 1. The second-order valence-electron chi connectivity index (χ2n) is 6.94. The van der Waals surface area contributed by atoms with Crippen molar-refractivity contribution < 1.29 is 17.6 Å². The average molecular weight is 465 g/mol. The van der Waals surface area contributed by atoms with Crippen LogP contribution in [0, 0.1) is 6.92 Å². The maximum absolute atomic E-state index is 13.0. The summed E-state index contributed by atoms with van der Waals surface area (Å²) in [6, 6.07) is 8.78. The van der Waals surface area contributed by atoms with E-state index in [-0.39, 0.29) is 29.2 Å². The topological polar surface area (TPSA) is 106 Å². The van der Waals surface area contributed by atoms with Crippen LogP contribution in [0.5, 0.6) is 0 Å². The Bertz CT molecular complexity index is 1130. The van der Waals surface area contributed by atoms with Crippen LogP contribution in [0.1, 0.15) is 23.0 Å². The van der Waals surface area contributed by atoms with Crippen LogP contribution in [0.3, 0.4) is 0 Å². The lowest BCUT2D eigenvalue weighted by atomic mass is 10.2. The highest BCUT2D eigenvalue weighted by Gasteiger charge is 2.35. The number of sulfone groups is 1. The van der Waals surface area contributed by atoms with Gasteiger partial charge < -0.3 is 9.32 Å². The lowest BCUT2D eigenvalue weighted by Crippen LogP contribution is -2.42. The van der Waals surface area contributed by atoms with E-state index in [2.05, 4.69) is 15.2 Å². The number of carbonyl (C=O) groups excluding carboxylic acids is 1. The van der Waals surface area contributed by atoms with Gasteiger partial charge in [0.25, 0.3) is 5.22 Å². The van der Waals surface area contributed by atoms with Gasteiger partial charge in [0.1, 0.15) is 0 Å². The molecule has 1 aliphatic rings. The number of nitrogens with zero attached hydrogens (tertiary/aromatic N) is 4. The number of aromatic nitrogens is 3. The van der Waals surface area contributed by atoms with Crippen molar-refractivity contribution in [3.63, 3.8) is 0 Å². The van der Waals surface area contributed by atoms with E-state index >= 15 is 0 Å². The van der Waals surface area contributed by atoms with Crippen molar-refractivity contribution in [3.8, 4) is 0 Å². The predicted octanol–water partition coefficient (Wildman–Crippen LogP) is 2.74. The number of thiazole rings is 1. The summed E-state index contributed by atoms with van der Waals surface area (Å²) in [5.74, 6) is 0.406. The highest BCUT2D eigenvalue weighted by molar-refractivity contribution is 7.99. The first-order chi connectivity index (χ1) is 14.4. The monoisotopic (exact) mass is 464 g/mol. The van der Waals surface area contributed by atoms with Crippen molar-refractivity contribution in [2.45, 2.75) is 31.0 Å². The summed E-state index contributed by atoms with van der Waals surface area (Å²) in [4.78, 5) is 19.0. The molecule has 30 heavy (non-hydrogen) atoms. The summed E-state index contributed by atoms with van der Waals surface area (Å²) in [6.07, 6.45) is 0.882. The normalized spacial score (nSPS) is 17.8. The van der Waals surface area contributed by atoms with Crippen molar-refractivity contribution in [2.75, 3.05) is 22.2 Å². The molecule has 1 aliphatic heterocycles. The Hall–Kier alpha value is -2.24. The van der Waals surface area contributed by atoms with E-state index in [4.69, 9.17) is 4.42 Å². The molecular formula is C19H20N4O4S3. The number of benzene rings is 1. The summed E-state index contributed by atoms with van der Waals surface area (Å²) in [5, 5.41) is 11.2. The zero-order valence-electron chi connectivity index (χ0n) is 16.2. The molecule has 0 N–H and O–H groups in total. The largest absolute Gasteiger partial charge is 0.416 e. The molecule has 4 rings (SSSR count). The minimum atomic E-state index is -3.12. The highest BCUT2D eigenvalue weighted by atomic mass is 32.2. The zero-order chi connectivity index (χ0) is 21.1. The Morgan fingerprint density at radius 2 is 2.10 bits per heavy atom. The van der Waals surface area contributed by atoms with Gasteiger partial charge in [0.15, 0.2) is 9.84 Å². The van der Waals surface area contributed by atoms with E-state index in [0.717, 1.165) is 22.5 Å². The van der Waals surface area contributed by atoms with Crippen LogP contribution in [0.15, 0.2) is 45.4 Å². The molecule has 0 aliphatic carbocycles. The van der Waals surface area contributed by atoms with Gasteiger partial charge in [-0.1, -0.05) is 30.0 Å². The molecule has 1 saturated heterocycles. The van der Waals surface area contributed by atoms with Crippen molar-refractivity contribution in [1.82, 2.24) is 15.2 Å². The second-order valence-corrected chi connectivity index (χ2v) is 11.2. The van der Waals surface area contributed by atoms with Gasteiger partial charge in [-0.25, -0.2) is 13.4 Å². The molecule has 1 aromatic carbocycles. The smallest absolute Gasteiger partial charge is 0.277 e. The Kier molecular flexibility index (Phi) is 6.21. The summed E-state index contributed by atoms with van der Waals surface area (Å²) < 4.78 is 29.5. The Morgan fingerprint density at radius 3 is 2.77 bits per heavy atom. The number of thioether (sulfide) groups is 1. The SMILES string of the molecule is Cc1nc(Cc2nnc(SCC(=O)N(c3ccccc3)[C@H]3CCS(=O)(=O)C3)o2)cs1. The van der Waals surface area contributed by atoms with Crippen molar-refractivity contribution >= 4 is 44.5 Å². The van der Waals surface area contributed by atoms with Gasteiger partial charge in [-0.2, -0.15) is 0 Å². The molecule has 8 nitrogen and oxygen atoms in total. The summed E-state index contributed by atoms with van der Waals surface area (Å²) in [6.45, 7) is 1.93. The van der Waals surface area contributed by atoms with Gasteiger partial charge in [0.2, 0.25) is 11.8 Å². The third-order valence-corrected chi connectivity index (χ3v) is 8.02. The second kappa shape index (κ2) is 8.86. The van der Waals surface area contributed by atoms with Gasteiger partial charge in [-0.3, -0.25) is 4.79 Å². The van der Waals surface area contributed by atoms with Crippen LogP contribution in [0.4, 0.5) is 5.69 Å². The molecule has 0 saturated carbocycles. The number of hydrogen-bond acceptors (Lipinski definition) is 9. The number of hydrogen-bond donors (Lipinski definition) is 0. The molecule has 3 aromatic rings. The van der Waals surface area contributed by atoms with Crippen LogP contribution >= 0.6 is 23.1 Å². The molecule has 2 aromatic heterocycles. The Labute approximate surface area is 182 Å². The molecular weight excluding hydrogens is 444 g/mol. The van der Waals surface area contributed by atoms with E-state index in [1.165, 1.54) is 0 Å². The van der Waals surface area contributed by atoms with Crippen LogP contribution in [0.25, 0.3) is 0 Å². The maximum Gasteiger partial charge on any atom is 0.277 e. The number of rotatable bonds is 7. The maximum atomic E-state index is 13.0. The first-order valence-electron chi connectivity index (χ1n) is 9.33. The third kappa shape index (κ3) is 5.08. The fraction of sp³-hybridized carbons (Fsp3) is 0.368. The van der Waals surface area contributed by atoms with Crippen molar-refractivity contribution in [1.29, 1.82) is 0 Å². The number of carbonyl (C=O) groups is 1. The Balaban J connectivity index is 1.43. The molecule has 0 radical (unpaired) electrons. The van der Waals surface area contributed by atoms with Gasteiger partial charge in [0.05, 0.1) is 40.4 Å². The van der Waals surface area contributed by atoms with E-state index in [1.54, 1.807) is 16.2 Å². The molecule has 0 unspecified atom stereocenters. The van der Waals surface area contributed by atoms with E-state index in [0.29, 0.717) is 29.6 Å². The van der Waals surface area contributed by atoms with Gasteiger partial charge >= 0.3 is 0 Å². The summed E-state index contributed by atoms with van der Waals surface area (Å²) in [7, 11) is -3.12. The molecule has 0 bridgehead atoms. The fourth-order valence-electron chi connectivity index (χ4n) is 3.33. The van der Waals surface area contributed by atoms with Gasteiger partial charge in [0, 0.05) is 11.1 Å². The van der Waals surface area contributed by atoms with Crippen molar-refractivity contribution in [2.24, 2.45) is 0 Å². The van der Waals surface area contributed by atoms with E-state index in [9.17, 15) is 13.2 Å². The summed E-state index contributed by atoms with van der Waals surface area (Å²) in [5.41, 5.74) is 1.56. The van der Waals surface area contributed by atoms with Crippen molar-refractivity contribution in [3.05, 3.63) is 52.3 Å². The fourth-order valence-corrected chi connectivity index (χ4v) is 6.28. The predicted molar refractivity (Wildman–Crippen MR) is 116 cm³/mol. The molecule has 158 valence electrons. The molecule has 3 heterocycles. The lowest BCUT2D eigenvalue weighted by molar-refractivity contribution is -0.116. The Morgan fingerprint density at radius 1 is 1.30 bits per heavy atom. The van der Waals surface area contributed by atoms with Crippen LogP contribution in [-0.2, 0) is 21.1 Å².